The summed E-state index contributed by atoms with van der Waals surface area (Å²) in [5, 5.41) is 0. The van der Waals surface area contributed by atoms with Crippen LogP contribution in [-0.2, 0) is 19.0 Å². The molecular formula is C18H24O5. The van der Waals surface area contributed by atoms with Crippen molar-refractivity contribution >= 4 is 17.8 Å². The Morgan fingerprint density at radius 1 is 1.09 bits per heavy atom. The molecular weight excluding hydrogens is 296 g/mol. The Balaban J connectivity index is 3.10. The highest BCUT2D eigenvalue weighted by Gasteiger charge is 2.15. The molecule has 0 N–H and O–H groups in total. The first-order valence-electron chi connectivity index (χ1n) is 7.76. The minimum absolute atomic E-state index is 0.0953. The van der Waals surface area contributed by atoms with Crippen molar-refractivity contribution in [3.05, 3.63) is 41.0 Å². The Labute approximate surface area is 137 Å². The predicted octanol–water partition coefficient (Wildman–Crippen LogP) is 3.54. The second-order valence-electron chi connectivity index (χ2n) is 4.73. The van der Waals surface area contributed by atoms with Crippen LogP contribution in [0.15, 0.2) is 24.3 Å². The largest absolute Gasteiger partial charge is 0.463 e. The van der Waals surface area contributed by atoms with E-state index in [4.69, 9.17) is 14.2 Å². The van der Waals surface area contributed by atoms with E-state index in [1.165, 1.54) is 13.0 Å². The summed E-state index contributed by atoms with van der Waals surface area (Å²) >= 11 is 0. The van der Waals surface area contributed by atoms with Gasteiger partial charge in [-0.25, -0.2) is 4.79 Å². The van der Waals surface area contributed by atoms with Crippen LogP contribution < -0.4 is 0 Å². The van der Waals surface area contributed by atoms with Crippen LogP contribution in [0.5, 0.6) is 0 Å². The zero-order valence-corrected chi connectivity index (χ0v) is 14.1. The molecule has 0 saturated heterocycles. The van der Waals surface area contributed by atoms with E-state index in [9.17, 15) is 9.59 Å². The van der Waals surface area contributed by atoms with Crippen molar-refractivity contribution in [3.8, 4) is 0 Å². The normalized spacial score (nSPS) is 11.2. The average molecular weight is 320 g/mol. The number of carbonyl (C=O) groups is 2. The summed E-state index contributed by atoms with van der Waals surface area (Å²) in [5.41, 5.74) is 1.93. The average Bonchev–Trinajstić information content (AvgIpc) is 2.53. The third kappa shape index (κ3) is 5.96. The molecule has 0 radical (unpaired) electrons. The highest BCUT2D eigenvalue weighted by Crippen LogP contribution is 2.23. The van der Waals surface area contributed by atoms with E-state index in [0.29, 0.717) is 30.9 Å². The van der Waals surface area contributed by atoms with Gasteiger partial charge >= 0.3 is 5.97 Å². The fourth-order valence-corrected chi connectivity index (χ4v) is 2.06. The van der Waals surface area contributed by atoms with E-state index >= 15 is 0 Å². The smallest absolute Gasteiger partial charge is 0.330 e. The molecule has 23 heavy (non-hydrogen) atoms. The minimum atomic E-state index is -0.508. The van der Waals surface area contributed by atoms with Gasteiger partial charge < -0.3 is 14.2 Å². The quantitative estimate of drug-likeness (QED) is 0.301. The Morgan fingerprint density at radius 2 is 1.74 bits per heavy atom. The molecule has 0 aliphatic heterocycles. The van der Waals surface area contributed by atoms with Gasteiger partial charge in [0.05, 0.1) is 6.61 Å². The van der Waals surface area contributed by atoms with E-state index in [1.807, 2.05) is 19.9 Å². The number of benzene rings is 1. The Morgan fingerprint density at radius 3 is 2.26 bits per heavy atom. The molecule has 1 rings (SSSR count). The summed E-state index contributed by atoms with van der Waals surface area (Å²) < 4.78 is 15.9. The van der Waals surface area contributed by atoms with Gasteiger partial charge in [0.2, 0.25) is 0 Å². The highest BCUT2D eigenvalue weighted by atomic mass is 16.7. The lowest BCUT2D eigenvalue weighted by molar-refractivity contribution is -0.140. The van der Waals surface area contributed by atoms with E-state index in [2.05, 4.69) is 0 Å². The molecule has 1 aromatic carbocycles. The van der Waals surface area contributed by atoms with Gasteiger partial charge in [-0.05, 0) is 45.4 Å². The lowest BCUT2D eigenvalue weighted by Crippen LogP contribution is -2.10. The van der Waals surface area contributed by atoms with Gasteiger partial charge in [-0.1, -0.05) is 12.1 Å². The van der Waals surface area contributed by atoms with Crippen LogP contribution in [0.25, 0.3) is 6.08 Å². The number of hydrogen-bond donors (Lipinski definition) is 0. The van der Waals surface area contributed by atoms with Crippen LogP contribution in [-0.4, -0.2) is 31.6 Å². The second-order valence-corrected chi connectivity index (χ2v) is 4.73. The van der Waals surface area contributed by atoms with Crippen molar-refractivity contribution < 1.29 is 23.8 Å². The van der Waals surface area contributed by atoms with Gasteiger partial charge in [-0.3, -0.25) is 4.79 Å². The van der Waals surface area contributed by atoms with E-state index in [-0.39, 0.29) is 5.78 Å². The Bertz CT molecular complexity index is 557. The Hall–Kier alpha value is -1.98. The van der Waals surface area contributed by atoms with Crippen LogP contribution in [0.4, 0.5) is 0 Å². The van der Waals surface area contributed by atoms with E-state index in [1.54, 1.807) is 25.1 Å². The molecule has 126 valence electrons. The first kappa shape index (κ1) is 19.1. The predicted molar refractivity (Wildman–Crippen MR) is 88.1 cm³/mol. The van der Waals surface area contributed by atoms with Crippen molar-refractivity contribution in [2.24, 2.45) is 0 Å². The fraction of sp³-hybridized carbons (Fsp3) is 0.444. The topological polar surface area (TPSA) is 61.8 Å². The molecule has 0 unspecified atom stereocenters. The van der Waals surface area contributed by atoms with Gasteiger partial charge in [-0.15, -0.1) is 0 Å². The van der Waals surface area contributed by atoms with Crippen LogP contribution in [0.2, 0.25) is 0 Å². The van der Waals surface area contributed by atoms with Crippen LogP contribution in [0.3, 0.4) is 0 Å². The van der Waals surface area contributed by atoms with E-state index < -0.39 is 12.3 Å². The van der Waals surface area contributed by atoms with Gasteiger partial charge in [-0.2, -0.15) is 0 Å². The summed E-state index contributed by atoms with van der Waals surface area (Å²) in [4.78, 5) is 23.3. The van der Waals surface area contributed by atoms with Crippen molar-refractivity contribution in [3.63, 3.8) is 0 Å². The maximum Gasteiger partial charge on any atom is 0.330 e. The van der Waals surface area contributed by atoms with Crippen LogP contribution in [0, 0.1) is 0 Å². The first-order valence-corrected chi connectivity index (χ1v) is 7.76. The van der Waals surface area contributed by atoms with Crippen LogP contribution >= 0.6 is 0 Å². The molecule has 5 nitrogen and oxygen atoms in total. The monoisotopic (exact) mass is 320 g/mol. The molecule has 0 fully saturated rings. The van der Waals surface area contributed by atoms with Gasteiger partial charge in [0.15, 0.2) is 12.1 Å². The van der Waals surface area contributed by atoms with Gasteiger partial charge in [0.25, 0.3) is 0 Å². The molecule has 0 aliphatic rings. The maximum atomic E-state index is 11.9. The standard InChI is InChI=1S/C18H24O5/c1-5-21-17(20)11-10-14-8-9-15(12-16(14)13(4)19)18(22-6-2)23-7-3/h8-12,18H,5-7H2,1-4H3/b11-10-. The van der Waals surface area contributed by atoms with Crippen molar-refractivity contribution in [1.82, 2.24) is 0 Å². The van der Waals surface area contributed by atoms with Crippen molar-refractivity contribution in [2.45, 2.75) is 34.0 Å². The molecule has 5 heteroatoms. The lowest BCUT2D eigenvalue weighted by atomic mass is 10.00. The zero-order valence-electron chi connectivity index (χ0n) is 14.1. The molecule has 0 heterocycles. The molecule has 0 amide bonds. The number of ether oxygens (including phenoxy) is 3. The van der Waals surface area contributed by atoms with Gasteiger partial charge in [0, 0.05) is 30.4 Å². The summed E-state index contributed by atoms with van der Waals surface area (Å²) in [5.74, 6) is -0.533. The summed E-state index contributed by atoms with van der Waals surface area (Å²) in [6.07, 6.45) is 2.38. The van der Waals surface area contributed by atoms with E-state index in [0.717, 1.165) is 5.56 Å². The molecule has 0 aromatic heterocycles. The maximum absolute atomic E-state index is 11.9. The molecule has 0 saturated carbocycles. The van der Waals surface area contributed by atoms with Crippen molar-refractivity contribution in [2.75, 3.05) is 19.8 Å². The Kier molecular flexibility index (Phi) is 8.22. The first-order chi connectivity index (χ1) is 11.0. The molecule has 0 spiro atoms. The summed E-state index contributed by atoms with van der Waals surface area (Å²) in [7, 11) is 0. The molecule has 0 bridgehead atoms. The number of rotatable bonds is 9. The summed E-state index contributed by atoms with van der Waals surface area (Å²) in [6.45, 7) is 8.31. The minimum Gasteiger partial charge on any atom is -0.463 e. The molecule has 0 aliphatic carbocycles. The highest BCUT2D eigenvalue weighted by molar-refractivity contribution is 5.99. The van der Waals surface area contributed by atoms with Gasteiger partial charge in [0.1, 0.15) is 0 Å². The number of Topliss-reactive ketones (excluding diaryl/α,β-unsaturated/α-hetero) is 1. The van der Waals surface area contributed by atoms with Crippen LogP contribution in [0.1, 0.15) is 55.5 Å². The number of esters is 1. The summed E-state index contributed by atoms with van der Waals surface area (Å²) in [6, 6.07) is 5.34. The second kappa shape index (κ2) is 9.92. The lowest BCUT2D eigenvalue weighted by Gasteiger charge is -2.18. The number of hydrogen-bond acceptors (Lipinski definition) is 5. The number of ketones is 1. The SMILES string of the molecule is CCOC(=O)/C=C\c1ccc(C(OCC)OCC)cc1C(C)=O. The third-order valence-electron chi connectivity index (χ3n) is 3.05. The molecule has 1 aromatic rings. The van der Waals surface area contributed by atoms with Crippen molar-refractivity contribution in [1.29, 1.82) is 0 Å². The zero-order chi connectivity index (χ0) is 17.2. The number of carbonyl (C=O) groups excluding carboxylic acids is 2. The third-order valence-corrected chi connectivity index (χ3v) is 3.05. The molecule has 0 atom stereocenters. The fourth-order valence-electron chi connectivity index (χ4n) is 2.06.